The first kappa shape index (κ1) is 14.3. The van der Waals surface area contributed by atoms with Crippen LogP contribution in [0.25, 0.3) is 0 Å². The summed E-state index contributed by atoms with van der Waals surface area (Å²) in [6.07, 6.45) is 11.1. The molecule has 0 bridgehead atoms. The van der Waals surface area contributed by atoms with Crippen LogP contribution in [-0.4, -0.2) is 23.3 Å². The molecule has 0 aromatic heterocycles. The Bertz CT molecular complexity index is 803. The highest BCUT2D eigenvalue weighted by Gasteiger charge is 2.56. The highest BCUT2D eigenvalue weighted by molar-refractivity contribution is 6.33. The van der Waals surface area contributed by atoms with Crippen molar-refractivity contribution in [1.29, 1.82) is 0 Å². The Kier molecular flexibility index (Phi) is 3.03. The van der Waals surface area contributed by atoms with Gasteiger partial charge in [0.15, 0.2) is 5.78 Å². The molecule has 2 amide bonds. The van der Waals surface area contributed by atoms with Crippen molar-refractivity contribution in [3.05, 3.63) is 47.2 Å². The van der Waals surface area contributed by atoms with Gasteiger partial charge in [-0.15, -0.1) is 0 Å². The van der Waals surface area contributed by atoms with E-state index in [0.717, 1.165) is 5.57 Å². The van der Waals surface area contributed by atoms with E-state index < -0.39 is 23.2 Å². The summed E-state index contributed by atoms with van der Waals surface area (Å²) in [5.41, 5.74) is 0.608. The largest absolute Gasteiger partial charge is 0.296 e. The van der Waals surface area contributed by atoms with Crippen molar-refractivity contribution < 1.29 is 14.4 Å². The van der Waals surface area contributed by atoms with Crippen LogP contribution in [0, 0.1) is 17.3 Å². The third-order valence-corrected chi connectivity index (χ3v) is 5.22. The monoisotopic (exact) mass is 328 g/mol. The number of amides is 2. The van der Waals surface area contributed by atoms with Crippen molar-refractivity contribution in [2.75, 3.05) is 0 Å². The molecule has 2 heterocycles. The molecule has 1 N–H and O–H groups in total. The lowest BCUT2D eigenvalue weighted by molar-refractivity contribution is -0.141. The number of nitrogens with zero attached hydrogens (tertiary/aromatic N) is 1. The molecule has 6 heteroatoms. The van der Waals surface area contributed by atoms with Gasteiger partial charge in [-0.25, -0.2) is 4.99 Å². The van der Waals surface area contributed by atoms with Crippen molar-refractivity contribution in [3.8, 4) is 0 Å². The summed E-state index contributed by atoms with van der Waals surface area (Å²) >= 11 is 6.27. The molecule has 5 nitrogen and oxygen atoms in total. The van der Waals surface area contributed by atoms with E-state index in [4.69, 9.17) is 11.6 Å². The van der Waals surface area contributed by atoms with Crippen LogP contribution in [0.2, 0.25) is 0 Å². The third-order valence-electron chi connectivity index (χ3n) is 4.93. The van der Waals surface area contributed by atoms with Crippen LogP contribution in [0.15, 0.2) is 52.2 Å². The molecule has 0 saturated carbocycles. The molecule has 1 saturated heterocycles. The molecule has 1 spiro atoms. The highest BCUT2D eigenvalue weighted by Crippen LogP contribution is 2.54. The van der Waals surface area contributed by atoms with E-state index in [1.54, 1.807) is 6.08 Å². The summed E-state index contributed by atoms with van der Waals surface area (Å²) < 4.78 is 0. The minimum Gasteiger partial charge on any atom is -0.296 e. The number of piperidine rings is 1. The van der Waals surface area contributed by atoms with Gasteiger partial charge in [-0.05, 0) is 18.6 Å². The first-order chi connectivity index (χ1) is 11.0. The van der Waals surface area contributed by atoms with Gasteiger partial charge in [0.2, 0.25) is 11.8 Å². The van der Waals surface area contributed by atoms with Gasteiger partial charge in [-0.2, -0.15) is 0 Å². The van der Waals surface area contributed by atoms with Crippen LogP contribution in [0.3, 0.4) is 0 Å². The highest BCUT2D eigenvalue weighted by atomic mass is 35.5. The van der Waals surface area contributed by atoms with Gasteiger partial charge in [-0.1, -0.05) is 35.9 Å². The maximum atomic E-state index is 12.7. The van der Waals surface area contributed by atoms with Gasteiger partial charge < -0.3 is 0 Å². The molecule has 116 valence electrons. The van der Waals surface area contributed by atoms with E-state index in [1.165, 1.54) is 6.08 Å². The van der Waals surface area contributed by atoms with E-state index in [1.807, 2.05) is 24.3 Å². The summed E-state index contributed by atoms with van der Waals surface area (Å²) in [6.45, 7) is 0. The number of hydrogen-bond acceptors (Lipinski definition) is 4. The molecule has 0 radical (unpaired) electrons. The van der Waals surface area contributed by atoms with Crippen molar-refractivity contribution in [1.82, 2.24) is 5.32 Å². The van der Waals surface area contributed by atoms with Crippen LogP contribution in [0.5, 0.6) is 0 Å². The van der Waals surface area contributed by atoms with Crippen LogP contribution >= 0.6 is 11.6 Å². The number of nitrogens with one attached hydrogen (secondary N) is 1. The Morgan fingerprint density at radius 1 is 1.17 bits per heavy atom. The molecule has 23 heavy (non-hydrogen) atoms. The van der Waals surface area contributed by atoms with E-state index in [2.05, 4.69) is 10.3 Å². The summed E-state index contributed by atoms with van der Waals surface area (Å²) in [5, 5.41) is 2.69. The number of aliphatic imine (C=N–C) groups is 1. The Hall–Kier alpha value is -2.27. The van der Waals surface area contributed by atoms with Crippen LogP contribution in [0.1, 0.15) is 12.8 Å². The minimum atomic E-state index is -0.805. The zero-order valence-electron chi connectivity index (χ0n) is 12.1. The third kappa shape index (κ3) is 1.86. The van der Waals surface area contributed by atoms with Gasteiger partial charge in [-0.3, -0.25) is 19.7 Å². The molecule has 1 fully saturated rings. The molecular formula is C17H13ClN2O3. The zero-order valence-corrected chi connectivity index (χ0v) is 12.8. The van der Waals surface area contributed by atoms with Gasteiger partial charge in [0.1, 0.15) is 5.16 Å². The van der Waals surface area contributed by atoms with Crippen molar-refractivity contribution in [2.24, 2.45) is 22.2 Å². The fourth-order valence-corrected chi connectivity index (χ4v) is 4.26. The number of halogens is 1. The SMILES string of the molecule is O=C1CCC(C2C(=O)C=CC3=NC(Cl)=C4C=CC=CC342)C(=O)N1. The first-order valence-corrected chi connectivity index (χ1v) is 7.83. The number of carbonyl (C=O) groups excluding carboxylic acids is 3. The Morgan fingerprint density at radius 3 is 2.78 bits per heavy atom. The number of rotatable bonds is 1. The second-order valence-electron chi connectivity index (χ2n) is 6.06. The van der Waals surface area contributed by atoms with E-state index in [9.17, 15) is 14.4 Å². The molecule has 3 unspecified atom stereocenters. The lowest BCUT2D eigenvalue weighted by Gasteiger charge is -2.43. The minimum absolute atomic E-state index is 0.137. The fraction of sp³-hybridized carbons (Fsp3) is 0.294. The fourth-order valence-electron chi connectivity index (χ4n) is 3.95. The predicted molar refractivity (Wildman–Crippen MR) is 84.5 cm³/mol. The predicted octanol–water partition coefficient (Wildman–Crippen LogP) is 1.81. The Labute approximate surface area is 137 Å². The number of allylic oxidation sites excluding steroid dienone is 7. The number of imide groups is 1. The van der Waals surface area contributed by atoms with Crippen LogP contribution in [0.4, 0.5) is 0 Å². The van der Waals surface area contributed by atoms with E-state index in [0.29, 0.717) is 17.3 Å². The molecule has 0 aromatic rings. The van der Waals surface area contributed by atoms with Crippen molar-refractivity contribution >= 4 is 34.9 Å². The molecule has 3 atom stereocenters. The van der Waals surface area contributed by atoms with Gasteiger partial charge >= 0.3 is 0 Å². The van der Waals surface area contributed by atoms with Gasteiger partial charge in [0.05, 0.1) is 23.0 Å². The molecule has 2 aliphatic heterocycles. The van der Waals surface area contributed by atoms with E-state index in [-0.39, 0.29) is 18.1 Å². The maximum absolute atomic E-state index is 12.7. The standard InChI is InChI=1S/C17H13ClN2O3/c18-15-10-3-1-2-8-17(10)12(19-15)6-5-11(21)14(17)9-4-7-13(22)20-16(9)23/h1-3,5-6,8-9,14H,4,7H2,(H,20,22,23). The average Bonchev–Trinajstić information content (AvgIpc) is 2.82. The number of hydrogen-bond donors (Lipinski definition) is 1. The topological polar surface area (TPSA) is 75.6 Å². The molecule has 0 aromatic carbocycles. The molecule has 2 aliphatic carbocycles. The second-order valence-corrected chi connectivity index (χ2v) is 6.42. The number of carbonyl (C=O) groups is 3. The summed E-state index contributed by atoms with van der Waals surface area (Å²) in [7, 11) is 0. The smallest absolute Gasteiger partial charge is 0.230 e. The molecule has 4 rings (SSSR count). The first-order valence-electron chi connectivity index (χ1n) is 7.45. The summed E-state index contributed by atoms with van der Waals surface area (Å²) in [4.78, 5) is 40.9. The Balaban J connectivity index is 1.87. The lowest BCUT2D eigenvalue weighted by Crippen LogP contribution is -2.53. The average molecular weight is 329 g/mol. The molecule has 4 aliphatic rings. The maximum Gasteiger partial charge on any atom is 0.230 e. The summed E-state index contributed by atoms with van der Waals surface area (Å²) in [5.74, 6) is -2.04. The van der Waals surface area contributed by atoms with Gasteiger partial charge in [0, 0.05) is 12.0 Å². The normalized spacial score (nSPS) is 35.2. The Morgan fingerprint density at radius 2 is 2.00 bits per heavy atom. The summed E-state index contributed by atoms with van der Waals surface area (Å²) in [6, 6.07) is 0. The molecular weight excluding hydrogens is 316 g/mol. The lowest BCUT2D eigenvalue weighted by atomic mass is 9.57. The van der Waals surface area contributed by atoms with Crippen molar-refractivity contribution in [2.45, 2.75) is 12.8 Å². The second kappa shape index (κ2) is 4.86. The van der Waals surface area contributed by atoms with Crippen LogP contribution in [-0.2, 0) is 14.4 Å². The quantitative estimate of drug-likeness (QED) is 0.589. The van der Waals surface area contributed by atoms with E-state index >= 15 is 0 Å². The van der Waals surface area contributed by atoms with Crippen LogP contribution < -0.4 is 5.32 Å². The number of ketones is 1. The zero-order chi connectivity index (χ0) is 16.2. The van der Waals surface area contributed by atoms with Gasteiger partial charge in [0.25, 0.3) is 0 Å². The van der Waals surface area contributed by atoms with Crippen molar-refractivity contribution in [3.63, 3.8) is 0 Å².